The molecule has 0 saturated carbocycles. The third-order valence-electron chi connectivity index (χ3n) is 2.61. The summed E-state index contributed by atoms with van der Waals surface area (Å²) in [6, 6.07) is 5.76. The lowest BCUT2D eigenvalue weighted by Crippen LogP contribution is -2.15. The Morgan fingerprint density at radius 1 is 1.40 bits per heavy atom. The van der Waals surface area contributed by atoms with Crippen LogP contribution in [0.4, 0.5) is 11.5 Å². The van der Waals surface area contributed by atoms with E-state index in [1.807, 2.05) is 0 Å². The number of nitrogens with zero attached hydrogens (tertiary/aromatic N) is 3. The number of amides is 1. The van der Waals surface area contributed by atoms with E-state index in [9.17, 15) is 14.9 Å². The number of carbonyl (C=O) groups is 1. The largest absolute Gasteiger partial charge is 0.306 e. The number of rotatable bonds is 3. The molecule has 0 atom stereocenters. The maximum absolute atomic E-state index is 12.1. The van der Waals surface area contributed by atoms with E-state index in [0.717, 1.165) is 0 Å². The van der Waals surface area contributed by atoms with E-state index < -0.39 is 10.8 Å². The minimum absolute atomic E-state index is 0.00133. The van der Waals surface area contributed by atoms with Crippen molar-refractivity contribution in [3.05, 3.63) is 57.0 Å². The van der Waals surface area contributed by atoms with Crippen molar-refractivity contribution in [2.24, 2.45) is 0 Å². The van der Waals surface area contributed by atoms with E-state index in [1.165, 1.54) is 37.4 Å². The Kier molecular flexibility index (Phi) is 3.90. The lowest BCUT2D eigenvalue weighted by molar-refractivity contribution is -0.385. The van der Waals surface area contributed by atoms with E-state index in [4.69, 9.17) is 11.6 Å². The van der Waals surface area contributed by atoms with Gasteiger partial charge in [-0.1, -0.05) is 6.07 Å². The normalized spacial score (nSPS) is 10.1. The third kappa shape index (κ3) is 2.89. The third-order valence-corrected chi connectivity index (χ3v) is 2.80. The molecule has 0 bridgehead atoms. The maximum atomic E-state index is 12.1. The van der Waals surface area contributed by atoms with Gasteiger partial charge in [-0.05, 0) is 30.7 Å². The number of nitrogens with one attached hydrogen (secondary N) is 1. The monoisotopic (exact) mass is 292 g/mol. The first-order valence-electron chi connectivity index (χ1n) is 5.53. The van der Waals surface area contributed by atoms with Gasteiger partial charge in [0, 0.05) is 23.4 Å². The van der Waals surface area contributed by atoms with Crippen molar-refractivity contribution in [3.63, 3.8) is 0 Å². The zero-order chi connectivity index (χ0) is 14.7. The molecule has 0 aliphatic heterocycles. The number of carbonyl (C=O) groups excluding carboxylic acids is 1. The average Bonchev–Trinajstić information content (AvgIpc) is 2.38. The lowest BCUT2D eigenvalue weighted by atomic mass is 10.1. The van der Waals surface area contributed by atoms with Crippen LogP contribution in [0.2, 0.25) is 5.28 Å². The highest BCUT2D eigenvalue weighted by atomic mass is 35.5. The SMILES string of the molecule is Cc1c(C(=O)Nc2ccnc(Cl)n2)cccc1[N+](=O)[O-]. The number of anilines is 1. The van der Waals surface area contributed by atoms with Crippen molar-refractivity contribution in [3.8, 4) is 0 Å². The molecule has 0 saturated heterocycles. The highest BCUT2D eigenvalue weighted by Crippen LogP contribution is 2.21. The molecule has 1 N–H and O–H groups in total. The minimum atomic E-state index is -0.534. The zero-order valence-electron chi connectivity index (χ0n) is 10.3. The predicted octanol–water partition coefficient (Wildman–Crippen LogP) is 2.60. The molecule has 0 unspecified atom stereocenters. The van der Waals surface area contributed by atoms with Crippen LogP contribution in [-0.4, -0.2) is 20.8 Å². The minimum Gasteiger partial charge on any atom is -0.306 e. The standard InChI is InChI=1S/C12H9ClN4O3/c1-7-8(3-2-4-9(7)17(19)20)11(18)15-10-5-6-14-12(13)16-10/h2-6H,1H3,(H,14,15,16,18). The molecule has 7 nitrogen and oxygen atoms in total. The second-order valence-electron chi connectivity index (χ2n) is 3.87. The quantitative estimate of drug-likeness (QED) is 0.532. The van der Waals surface area contributed by atoms with Crippen molar-refractivity contribution >= 4 is 29.0 Å². The van der Waals surface area contributed by atoms with Crippen LogP contribution in [0, 0.1) is 17.0 Å². The summed E-state index contributed by atoms with van der Waals surface area (Å²) < 4.78 is 0. The van der Waals surface area contributed by atoms with Crippen LogP contribution in [0.25, 0.3) is 0 Å². The van der Waals surface area contributed by atoms with Crippen LogP contribution in [-0.2, 0) is 0 Å². The summed E-state index contributed by atoms with van der Waals surface area (Å²) in [5.74, 6) is -0.276. The van der Waals surface area contributed by atoms with Crippen molar-refractivity contribution in [1.82, 2.24) is 9.97 Å². The van der Waals surface area contributed by atoms with Gasteiger partial charge in [0.15, 0.2) is 0 Å². The van der Waals surface area contributed by atoms with Crippen LogP contribution >= 0.6 is 11.6 Å². The maximum Gasteiger partial charge on any atom is 0.273 e. The molecular weight excluding hydrogens is 284 g/mol. The van der Waals surface area contributed by atoms with Gasteiger partial charge in [0.05, 0.1) is 4.92 Å². The number of aromatic nitrogens is 2. The molecule has 0 aliphatic rings. The van der Waals surface area contributed by atoms with Crippen molar-refractivity contribution in [2.45, 2.75) is 6.92 Å². The van der Waals surface area contributed by atoms with Crippen LogP contribution < -0.4 is 5.32 Å². The number of nitro groups is 1. The first-order valence-corrected chi connectivity index (χ1v) is 5.90. The summed E-state index contributed by atoms with van der Waals surface area (Å²) in [5.41, 5.74) is 0.377. The van der Waals surface area contributed by atoms with Crippen LogP contribution in [0.15, 0.2) is 30.5 Å². The number of hydrogen-bond donors (Lipinski definition) is 1. The van der Waals surface area contributed by atoms with Crippen molar-refractivity contribution in [1.29, 1.82) is 0 Å². The Morgan fingerprint density at radius 3 is 2.80 bits per heavy atom. The molecule has 2 rings (SSSR count). The molecule has 2 aromatic rings. The number of hydrogen-bond acceptors (Lipinski definition) is 5. The van der Waals surface area contributed by atoms with E-state index >= 15 is 0 Å². The van der Waals surface area contributed by atoms with Gasteiger partial charge in [0.1, 0.15) is 5.82 Å². The molecule has 0 spiro atoms. The number of halogens is 1. The van der Waals surface area contributed by atoms with Gasteiger partial charge < -0.3 is 5.32 Å². The predicted molar refractivity (Wildman–Crippen MR) is 72.8 cm³/mol. The number of benzene rings is 1. The van der Waals surface area contributed by atoms with Gasteiger partial charge in [-0.2, -0.15) is 0 Å². The molecule has 0 fully saturated rings. The molecule has 20 heavy (non-hydrogen) atoms. The van der Waals surface area contributed by atoms with Gasteiger partial charge in [-0.25, -0.2) is 9.97 Å². The summed E-state index contributed by atoms with van der Waals surface area (Å²) in [6.45, 7) is 1.51. The van der Waals surface area contributed by atoms with E-state index in [2.05, 4.69) is 15.3 Å². The van der Waals surface area contributed by atoms with Crippen LogP contribution in [0.1, 0.15) is 15.9 Å². The van der Waals surface area contributed by atoms with Gasteiger partial charge in [0.2, 0.25) is 5.28 Å². The van der Waals surface area contributed by atoms with Gasteiger partial charge in [0.25, 0.3) is 11.6 Å². The molecule has 1 aromatic carbocycles. The zero-order valence-corrected chi connectivity index (χ0v) is 11.1. The molecule has 1 heterocycles. The summed E-state index contributed by atoms with van der Waals surface area (Å²) >= 11 is 5.61. The van der Waals surface area contributed by atoms with Crippen molar-refractivity contribution in [2.75, 3.05) is 5.32 Å². The Hall–Kier alpha value is -2.54. The molecule has 102 valence electrons. The Balaban J connectivity index is 2.30. The Labute approximate surface area is 118 Å². The van der Waals surface area contributed by atoms with E-state index in [-0.39, 0.29) is 27.9 Å². The molecule has 8 heteroatoms. The fourth-order valence-corrected chi connectivity index (χ4v) is 1.80. The smallest absolute Gasteiger partial charge is 0.273 e. The molecular formula is C12H9ClN4O3. The van der Waals surface area contributed by atoms with Crippen LogP contribution in [0.3, 0.4) is 0 Å². The molecule has 0 radical (unpaired) electrons. The summed E-state index contributed by atoms with van der Waals surface area (Å²) in [6.07, 6.45) is 1.39. The average molecular weight is 293 g/mol. The fraction of sp³-hybridized carbons (Fsp3) is 0.0833. The lowest BCUT2D eigenvalue weighted by Gasteiger charge is -2.07. The van der Waals surface area contributed by atoms with Crippen molar-refractivity contribution < 1.29 is 9.72 Å². The molecule has 0 aliphatic carbocycles. The molecule has 1 aromatic heterocycles. The topological polar surface area (TPSA) is 98.0 Å². The highest BCUT2D eigenvalue weighted by Gasteiger charge is 2.18. The van der Waals surface area contributed by atoms with Crippen LogP contribution in [0.5, 0.6) is 0 Å². The van der Waals surface area contributed by atoms with Gasteiger partial charge in [-0.15, -0.1) is 0 Å². The Bertz CT molecular complexity index is 690. The first-order chi connectivity index (χ1) is 9.49. The summed E-state index contributed by atoms with van der Waals surface area (Å²) in [5, 5.41) is 13.3. The second kappa shape index (κ2) is 5.62. The number of nitro benzene ring substituents is 1. The molecule has 1 amide bonds. The Morgan fingerprint density at radius 2 is 2.15 bits per heavy atom. The first kappa shape index (κ1) is 13.9. The fourth-order valence-electron chi connectivity index (χ4n) is 1.66. The van der Waals surface area contributed by atoms with Gasteiger partial charge >= 0.3 is 0 Å². The van der Waals surface area contributed by atoms with Gasteiger partial charge in [-0.3, -0.25) is 14.9 Å². The summed E-state index contributed by atoms with van der Waals surface area (Å²) in [4.78, 5) is 29.9. The summed E-state index contributed by atoms with van der Waals surface area (Å²) in [7, 11) is 0. The highest BCUT2D eigenvalue weighted by molar-refractivity contribution is 6.28. The van der Waals surface area contributed by atoms with E-state index in [1.54, 1.807) is 0 Å². The van der Waals surface area contributed by atoms with E-state index in [0.29, 0.717) is 0 Å². The second-order valence-corrected chi connectivity index (χ2v) is 4.21.